The van der Waals surface area contributed by atoms with E-state index in [-0.39, 0.29) is 11.1 Å². The Morgan fingerprint density at radius 1 is 1.50 bits per heavy atom. The van der Waals surface area contributed by atoms with Crippen molar-refractivity contribution in [3.8, 4) is 11.3 Å². The highest BCUT2D eigenvalue weighted by molar-refractivity contribution is 6.33. The van der Waals surface area contributed by atoms with E-state index in [9.17, 15) is 4.39 Å². The van der Waals surface area contributed by atoms with Crippen LogP contribution in [0.1, 0.15) is 25.8 Å². The van der Waals surface area contributed by atoms with Gasteiger partial charge < -0.3 is 9.73 Å². The zero-order chi connectivity index (χ0) is 13.1. The molecular weight excluding hydrogens is 255 g/mol. The van der Waals surface area contributed by atoms with Crippen LogP contribution in [-0.2, 0) is 0 Å². The first kappa shape index (κ1) is 13.1. The summed E-state index contributed by atoms with van der Waals surface area (Å²) < 4.78 is 18.9. The van der Waals surface area contributed by atoms with Crippen molar-refractivity contribution in [3.63, 3.8) is 0 Å². The lowest BCUT2D eigenvalue weighted by molar-refractivity contribution is 0.429. The molecule has 3 nitrogen and oxygen atoms in total. The highest BCUT2D eigenvalue weighted by atomic mass is 35.5. The topological polar surface area (TPSA) is 38.1 Å². The van der Waals surface area contributed by atoms with E-state index >= 15 is 0 Å². The van der Waals surface area contributed by atoms with Crippen molar-refractivity contribution in [2.24, 2.45) is 0 Å². The van der Waals surface area contributed by atoms with Gasteiger partial charge in [0.15, 0.2) is 5.76 Å². The minimum Gasteiger partial charge on any atom is -0.439 e. The average molecular weight is 269 g/mol. The predicted octanol–water partition coefficient (Wildman–Crippen LogP) is 3.80. The molecular formula is C13H14ClFN2O. The summed E-state index contributed by atoms with van der Waals surface area (Å²) in [6, 6.07) is 4.61. The Labute approximate surface area is 110 Å². The lowest BCUT2D eigenvalue weighted by Crippen LogP contribution is -2.17. The Morgan fingerprint density at radius 3 is 3.00 bits per heavy atom. The lowest BCUT2D eigenvalue weighted by atomic mass is 10.2. The summed E-state index contributed by atoms with van der Waals surface area (Å²) >= 11 is 5.90. The molecule has 1 aromatic heterocycles. The summed E-state index contributed by atoms with van der Waals surface area (Å²) in [6.07, 6.45) is 1.56. The maximum absolute atomic E-state index is 13.3. The van der Waals surface area contributed by atoms with Crippen LogP contribution in [0.5, 0.6) is 0 Å². The number of aromatic nitrogens is 1. The monoisotopic (exact) mass is 268 g/mol. The van der Waals surface area contributed by atoms with Gasteiger partial charge in [-0.15, -0.1) is 0 Å². The van der Waals surface area contributed by atoms with Crippen LogP contribution in [0.15, 0.2) is 28.8 Å². The van der Waals surface area contributed by atoms with Crippen molar-refractivity contribution in [1.29, 1.82) is 0 Å². The van der Waals surface area contributed by atoms with Crippen LogP contribution in [0.4, 0.5) is 4.39 Å². The minimum absolute atomic E-state index is 0.0103. The molecule has 0 radical (unpaired) electrons. The average Bonchev–Trinajstić information content (AvgIpc) is 2.82. The summed E-state index contributed by atoms with van der Waals surface area (Å²) in [5.74, 6) is 0.568. The van der Waals surface area contributed by atoms with Crippen molar-refractivity contribution < 1.29 is 8.81 Å². The van der Waals surface area contributed by atoms with Gasteiger partial charge in [0.2, 0.25) is 5.89 Å². The summed E-state index contributed by atoms with van der Waals surface area (Å²) in [5, 5.41) is 3.24. The van der Waals surface area contributed by atoms with Gasteiger partial charge in [0, 0.05) is 5.56 Å². The van der Waals surface area contributed by atoms with Crippen LogP contribution in [-0.4, -0.2) is 11.5 Å². The van der Waals surface area contributed by atoms with Crippen molar-refractivity contribution in [3.05, 3.63) is 41.1 Å². The van der Waals surface area contributed by atoms with E-state index in [0.717, 1.165) is 6.54 Å². The van der Waals surface area contributed by atoms with Crippen LogP contribution in [0.2, 0.25) is 5.02 Å². The van der Waals surface area contributed by atoms with Gasteiger partial charge in [-0.2, -0.15) is 0 Å². The molecule has 0 saturated carbocycles. The second-order valence-electron chi connectivity index (χ2n) is 3.94. The van der Waals surface area contributed by atoms with Gasteiger partial charge in [0.1, 0.15) is 5.82 Å². The summed E-state index contributed by atoms with van der Waals surface area (Å²) in [7, 11) is 0. The number of nitrogens with zero attached hydrogens (tertiary/aromatic N) is 1. The van der Waals surface area contributed by atoms with Crippen LogP contribution < -0.4 is 5.32 Å². The van der Waals surface area contributed by atoms with E-state index in [0.29, 0.717) is 17.2 Å². The molecule has 1 heterocycles. The third kappa shape index (κ3) is 2.54. The van der Waals surface area contributed by atoms with E-state index in [1.807, 2.05) is 13.8 Å². The first-order valence-electron chi connectivity index (χ1n) is 5.77. The molecule has 0 fully saturated rings. The fourth-order valence-electron chi connectivity index (χ4n) is 1.70. The third-order valence-electron chi connectivity index (χ3n) is 2.62. The second kappa shape index (κ2) is 5.50. The normalized spacial score (nSPS) is 12.7. The van der Waals surface area contributed by atoms with E-state index in [1.165, 1.54) is 6.07 Å². The Morgan fingerprint density at radius 2 is 2.28 bits per heavy atom. The van der Waals surface area contributed by atoms with Gasteiger partial charge in [-0.05, 0) is 25.6 Å². The van der Waals surface area contributed by atoms with Gasteiger partial charge in [-0.1, -0.05) is 24.6 Å². The molecule has 0 aliphatic heterocycles. The molecule has 18 heavy (non-hydrogen) atoms. The Bertz CT molecular complexity index is 542. The first-order chi connectivity index (χ1) is 8.63. The number of halogens is 2. The number of nitrogens with one attached hydrogen (secondary N) is 1. The molecule has 2 rings (SSSR count). The summed E-state index contributed by atoms with van der Waals surface area (Å²) in [5.41, 5.74) is 0.513. The summed E-state index contributed by atoms with van der Waals surface area (Å²) in [4.78, 5) is 4.17. The van der Waals surface area contributed by atoms with E-state index in [4.69, 9.17) is 16.0 Å². The van der Waals surface area contributed by atoms with Gasteiger partial charge >= 0.3 is 0 Å². The zero-order valence-corrected chi connectivity index (χ0v) is 11.0. The number of hydrogen-bond donors (Lipinski definition) is 1. The Kier molecular flexibility index (Phi) is 3.99. The largest absolute Gasteiger partial charge is 0.439 e. The smallest absolute Gasteiger partial charge is 0.211 e. The van der Waals surface area contributed by atoms with Crippen molar-refractivity contribution >= 4 is 11.6 Å². The van der Waals surface area contributed by atoms with Crippen molar-refractivity contribution in [2.45, 2.75) is 19.9 Å². The molecule has 5 heteroatoms. The molecule has 0 aliphatic rings. The third-order valence-corrected chi connectivity index (χ3v) is 3.01. The SMILES string of the molecule is CCNC(C)c1ncc(-c2cccc(F)c2Cl)o1. The maximum atomic E-state index is 13.3. The van der Waals surface area contributed by atoms with Crippen LogP contribution >= 0.6 is 11.6 Å². The van der Waals surface area contributed by atoms with Gasteiger partial charge in [0.25, 0.3) is 0 Å². The number of benzene rings is 1. The summed E-state index contributed by atoms with van der Waals surface area (Å²) in [6.45, 7) is 4.77. The van der Waals surface area contributed by atoms with E-state index in [1.54, 1.807) is 18.3 Å². The fraction of sp³-hybridized carbons (Fsp3) is 0.308. The minimum atomic E-state index is -0.466. The van der Waals surface area contributed by atoms with Gasteiger partial charge in [0.05, 0.1) is 17.3 Å². The zero-order valence-electron chi connectivity index (χ0n) is 10.2. The van der Waals surface area contributed by atoms with Crippen molar-refractivity contribution in [2.75, 3.05) is 6.54 Å². The molecule has 0 aliphatic carbocycles. The number of rotatable bonds is 4. The number of oxazole rings is 1. The molecule has 1 N–H and O–H groups in total. The molecule has 0 saturated heterocycles. The first-order valence-corrected chi connectivity index (χ1v) is 6.14. The molecule has 1 atom stereocenters. The Hall–Kier alpha value is -1.39. The molecule has 96 valence electrons. The molecule has 1 aromatic carbocycles. The van der Waals surface area contributed by atoms with Crippen molar-refractivity contribution in [1.82, 2.24) is 10.3 Å². The molecule has 2 aromatic rings. The van der Waals surface area contributed by atoms with E-state index in [2.05, 4.69) is 10.3 Å². The van der Waals surface area contributed by atoms with Crippen LogP contribution in [0.3, 0.4) is 0 Å². The van der Waals surface area contributed by atoms with Crippen LogP contribution in [0, 0.1) is 5.82 Å². The van der Waals surface area contributed by atoms with E-state index < -0.39 is 5.82 Å². The van der Waals surface area contributed by atoms with Gasteiger partial charge in [-0.25, -0.2) is 9.37 Å². The maximum Gasteiger partial charge on any atom is 0.211 e. The van der Waals surface area contributed by atoms with Crippen LogP contribution in [0.25, 0.3) is 11.3 Å². The molecule has 0 spiro atoms. The molecule has 0 amide bonds. The quantitative estimate of drug-likeness (QED) is 0.916. The highest BCUT2D eigenvalue weighted by Gasteiger charge is 2.15. The predicted molar refractivity (Wildman–Crippen MR) is 69.0 cm³/mol. The standard InChI is InChI=1S/C13H14ClFN2O/c1-3-16-8(2)13-17-7-11(18-13)9-5-4-6-10(15)12(9)14/h4-8,16H,3H2,1-2H3. The Balaban J connectivity index is 2.32. The highest BCUT2D eigenvalue weighted by Crippen LogP contribution is 2.31. The molecule has 0 bridgehead atoms. The lowest BCUT2D eigenvalue weighted by Gasteiger charge is -2.07. The number of hydrogen-bond acceptors (Lipinski definition) is 3. The van der Waals surface area contributed by atoms with Gasteiger partial charge in [-0.3, -0.25) is 0 Å². The molecule has 1 unspecified atom stereocenters. The fourth-order valence-corrected chi connectivity index (χ4v) is 1.92. The second-order valence-corrected chi connectivity index (χ2v) is 4.32.